The molecule has 2 heterocycles. The number of aliphatic hydroxyl groups is 1. The molecule has 2 atom stereocenters. The smallest absolute Gasteiger partial charge is 0.116 e. The molecule has 5 heteroatoms. The Hall–Kier alpha value is -0.130. The van der Waals surface area contributed by atoms with Gasteiger partial charge in [0, 0.05) is 18.0 Å². The van der Waals surface area contributed by atoms with Gasteiger partial charge in [0.1, 0.15) is 12.2 Å². The van der Waals surface area contributed by atoms with Crippen LogP contribution in [0, 0.1) is 0 Å². The molecule has 1 N–H and O–H groups in total. The molecule has 0 aromatic carbocycles. The second-order valence-corrected chi connectivity index (χ2v) is 6.04. The number of halogens is 1. The van der Waals surface area contributed by atoms with Crippen LogP contribution in [0.4, 0.5) is 0 Å². The molecule has 1 aliphatic heterocycles. The Morgan fingerprint density at radius 3 is 3.12 bits per heavy atom. The van der Waals surface area contributed by atoms with E-state index in [1.165, 1.54) is 11.3 Å². The van der Waals surface area contributed by atoms with Crippen LogP contribution in [0.15, 0.2) is 12.1 Å². The van der Waals surface area contributed by atoms with Crippen molar-refractivity contribution in [3.8, 4) is 0 Å². The maximum absolute atomic E-state index is 10.2. The molecule has 1 fully saturated rings. The number of ether oxygens (including phenoxy) is 1. The summed E-state index contributed by atoms with van der Waals surface area (Å²) in [7, 11) is 0. The number of thiophene rings is 1. The first-order valence-corrected chi connectivity index (χ1v) is 7.17. The minimum Gasteiger partial charge on any atom is -0.385 e. The summed E-state index contributed by atoms with van der Waals surface area (Å²) in [4.78, 5) is 3.23. The van der Waals surface area contributed by atoms with E-state index in [0.717, 1.165) is 30.9 Å². The molecule has 0 bridgehead atoms. The lowest BCUT2D eigenvalue weighted by Gasteiger charge is -2.34. The molecule has 1 aromatic rings. The van der Waals surface area contributed by atoms with Gasteiger partial charge < -0.3 is 9.84 Å². The van der Waals surface area contributed by atoms with Crippen LogP contribution in [-0.4, -0.2) is 42.4 Å². The zero-order chi connectivity index (χ0) is 12.3. The highest BCUT2D eigenvalue weighted by molar-refractivity contribution is 7.16. The van der Waals surface area contributed by atoms with Crippen molar-refractivity contribution in [2.75, 3.05) is 26.2 Å². The van der Waals surface area contributed by atoms with E-state index < -0.39 is 6.10 Å². The van der Waals surface area contributed by atoms with E-state index in [9.17, 15) is 5.11 Å². The lowest BCUT2D eigenvalue weighted by atomic mass is 10.1. The van der Waals surface area contributed by atoms with Crippen molar-refractivity contribution in [1.29, 1.82) is 0 Å². The third-order valence-electron chi connectivity index (χ3n) is 2.96. The third-order valence-corrected chi connectivity index (χ3v) is 4.26. The molecule has 2 rings (SSSR count). The fraction of sp³-hybridized carbons (Fsp3) is 0.667. The van der Waals surface area contributed by atoms with E-state index in [1.54, 1.807) is 0 Å². The number of hydrogen-bond acceptors (Lipinski definition) is 4. The van der Waals surface area contributed by atoms with Crippen molar-refractivity contribution < 1.29 is 9.84 Å². The Morgan fingerprint density at radius 2 is 2.47 bits per heavy atom. The highest BCUT2D eigenvalue weighted by Gasteiger charge is 2.28. The van der Waals surface area contributed by atoms with E-state index in [1.807, 2.05) is 12.1 Å². The molecule has 3 nitrogen and oxygen atoms in total. The first kappa shape index (κ1) is 13.3. The summed E-state index contributed by atoms with van der Waals surface area (Å²) in [6.07, 6.45) is 0.436. The van der Waals surface area contributed by atoms with Crippen LogP contribution in [0.25, 0.3) is 0 Å². The van der Waals surface area contributed by atoms with Crippen LogP contribution in [0.3, 0.4) is 0 Å². The van der Waals surface area contributed by atoms with Gasteiger partial charge in [0.05, 0.1) is 10.9 Å². The predicted octanol–water partition coefficient (Wildman–Crippen LogP) is 2.55. The number of hydrogen-bond donors (Lipinski definition) is 1. The van der Waals surface area contributed by atoms with Gasteiger partial charge in [-0.15, -0.1) is 11.3 Å². The molecule has 1 aliphatic rings. The van der Waals surface area contributed by atoms with Gasteiger partial charge in [0.25, 0.3) is 0 Å². The summed E-state index contributed by atoms with van der Waals surface area (Å²) in [5.41, 5.74) is 0. The molecule has 1 aromatic heterocycles. The molecule has 2 unspecified atom stereocenters. The number of rotatable bonds is 4. The Morgan fingerprint density at radius 1 is 1.65 bits per heavy atom. The molecule has 96 valence electrons. The number of morpholine rings is 1. The average Bonchev–Trinajstić information content (AvgIpc) is 2.76. The van der Waals surface area contributed by atoms with Crippen molar-refractivity contribution in [1.82, 2.24) is 4.90 Å². The van der Waals surface area contributed by atoms with Gasteiger partial charge in [-0.25, -0.2) is 0 Å². The Balaban J connectivity index is 1.97. The normalized spacial score (nSPS) is 23.8. The van der Waals surface area contributed by atoms with Crippen LogP contribution >= 0.6 is 22.9 Å². The van der Waals surface area contributed by atoms with Gasteiger partial charge in [-0.3, -0.25) is 4.90 Å². The number of nitrogens with zero attached hydrogens (tertiary/aromatic N) is 1. The summed E-state index contributed by atoms with van der Waals surface area (Å²) in [5.74, 6) is 0. The van der Waals surface area contributed by atoms with Gasteiger partial charge in [-0.1, -0.05) is 18.5 Å². The fourth-order valence-electron chi connectivity index (χ4n) is 2.11. The topological polar surface area (TPSA) is 32.7 Å². The van der Waals surface area contributed by atoms with Gasteiger partial charge in [0.15, 0.2) is 0 Å². The highest BCUT2D eigenvalue weighted by atomic mass is 35.5. The lowest BCUT2D eigenvalue weighted by molar-refractivity contribution is -0.0888. The minimum absolute atomic E-state index is 0.134. The zero-order valence-corrected chi connectivity index (χ0v) is 11.5. The van der Waals surface area contributed by atoms with Gasteiger partial charge in [0.2, 0.25) is 0 Å². The predicted molar refractivity (Wildman–Crippen MR) is 70.8 cm³/mol. The minimum atomic E-state index is -0.563. The van der Waals surface area contributed by atoms with E-state index in [-0.39, 0.29) is 6.10 Å². The van der Waals surface area contributed by atoms with Crippen LogP contribution in [-0.2, 0) is 4.74 Å². The maximum atomic E-state index is 10.2. The van der Waals surface area contributed by atoms with Crippen molar-refractivity contribution in [3.05, 3.63) is 21.3 Å². The average molecular weight is 276 g/mol. The Bertz CT molecular complexity index is 356. The molecule has 0 amide bonds. The third kappa shape index (κ3) is 3.42. The van der Waals surface area contributed by atoms with E-state index in [0.29, 0.717) is 10.9 Å². The fourth-order valence-corrected chi connectivity index (χ4v) is 3.21. The van der Waals surface area contributed by atoms with Crippen LogP contribution in [0.5, 0.6) is 0 Å². The summed E-state index contributed by atoms with van der Waals surface area (Å²) in [6.45, 7) is 5.69. The molecule has 0 radical (unpaired) electrons. The van der Waals surface area contributed by atoms with Crippen molar-refractivity contribution >= 4 is 22.9 Å². The molecular formula is C12H18ClNO2S. The van der Waals surface area contributed by atoms with Crippen LogP contribution in [0.1, 0.15) is 24.3 Å². The molecule has 0 spiro atoms. The van der Waals surface area contributed by atoms with Gasteiger partial charge in [-0.2, -0.15) is 0 Å². The lowest BCUT2D eigenvalue weighted by Crippen LogP contribution is -2.45. The molecule has 17 heavy (non-hydrogen) atoms. The van der Waals surface area contributed by atoms with Gasteiger partial charge >= 0.3 is 0 Å². The largest absolute Gasteiger partial charge is 0.385 e. The second kappa shape index (κ2) is 6.16. The van der Waals surface area contributed by atoms with E-state index in [2.05, 4.69) is 11.8 Å². The summed E-state index contributed by atoms with van der Waals surface area (Å²) in [6, 6.07) is 3.69. The molecule has 0 aliphatic carbocycles. The second-order valence-electron chi connectivity index (χ2n) is 4.30. The van der Waals surface area contributed by atoms with Crippen molar-refractivity contribution in [3.63, 3.8) is 0 Å². The van der Waals surface area contributed by atoms with Crippen molar-refractivity contribution in [2.45, 2.75) is 25.6 Å². The quantitative estimate of drug-likeness (QED) is 0.917. The highest BCUT2D eigenvalue weighted by Crippen LogP contribution is 2.30. The van der Waals surface area contributed by atoms with Crippen molar-refractivity contribution in [2.24, 2.45) is 0 Å². The van der Waals surface area contributed by atoms with E-state index >= 15 is 0 Å². The monoisotopic (exact) mass is 275 g/mol. The van der Waals surface area contributed by atoms with Gasteiger partial charge in [-0.05, 0) is 25.1 Å². The van der Waals surface area contributed by atoms with Crippen LogP contribution in [0.2, 0.25) is 4.34 Å². The molecular weight excluding hydrogens is 258 g/mol. The SMILES string of the molecule is CCCN1CCOC(C(O)c2ccc(Cl)s2)C1. The first-order chi connectivity index (χ1) is 8.20. The molecule has 1 saturated heterocycles. The van der Waals surface area contributed by atoms with Crippen LogP contribution < -0.4 is 0 Å². The maximum Gasteiger partial charge on any atom is 0.116 e. The van der Waals surface area contributed by atoms with E-state index in [4.69, 9.17) is 16.3 Å². The Kier molecular flexibility index (Phi) is 4.82. The zero-order valence-electron chi connectivity index (χ0n) is 9.93. The summed E-state index contributed by atoms with van der Waals surface area (Å²) < 4.78 is 6.36. The standard InChI is InChI=1S/C12H18ClNO2S/c1-2-5-14-6-7-16-9(8-14)12(15)10-3-4-11(13)17-10/h3-4,9,12,15H,2,5-8H2,1H3. The summed E-state index contributed by atoms with van der Waals surface area (Å²) in [5, 5.41) is 10.2. The first-order valence-electron chi connectivity index (χ1n) is 5.98. The summed E-state index contributed by atoms with van der Waals surface area (Å²) >= 11 is 7.30. The molecule has 0 saturated carbocycles. The number of aliphatic hydroxyl groups excluding tert-OH is 1. The Labute approximate surface area is 111 Å².